The molecule has 0 bridgehead atoms. The molecule has 3 N–H and O–H groups in total. The summed E-state index contributed by atoms with van der Waals surface area (Å²) in [7, 11) is 0. The third kappa shape index (κ3) is 6.09. The maximum atomic E-state index is 12.7. The Morgan fingerprint density at radius 1 is 1.12 bits per heavy atom. The van der Waals surface area contributed by atoms with Gasteiger partial charge in [-0.05, 0) is 44.7 Å². The van der Waals surface area contributed by atoms with E-state index in [0.29, 0.717) is 24.8 Å². The molecule has 0 spiro atoms. The first kappa shape index (κ1) is 23.2. The van der Waals surface area contributed by atoms with E-state index in [0.717, 1.165) is 35.6 Å². The van der Waals surface area contributed by atoms with E-state index in [1.807, 2.05) is 32.0 Å². The van der Waals surface area contributed by atoms with Gasteiger partial charge in [-0.2, -0.15) is 0 Å². The van der Waals surface area contributed by atoms with E-state index in [-0.39, 0.29) is 24.3 Å². The van der Waals surface area contributed by atoms with Crippen LogP contribution in [0.5, 0.6) is 0 Å². The SMILES string of the molecule is Cc1nc(NC(=O)CN2CCCC(C(=O)NCCNc3cccc4ccccc34)C2)sc1C. The normalized spacial score (nSPS) is 16.5. The van der Waals surface area contributed by atoms with Gasteiger partial charge in [0.1, 0.15) is 0 Å². The highest BCUT2D eigenvalue weighted by Gasteiger charge is 2.26. The number of rotatable bonds is 8. The number of amides is 2. The summed E-state index contributed by atoms with van der Waals surface area (Å²) in [5, 5.41) is 12.4. The number of likely N-dealkylation sites (tertiary alicyclic amines) is 1. The number of thiazole rings is 1. The number of aromatic nitrogens is 1. The molecule has 4 rings (SSSR count). The van der Waals surface area contributed by atoms with Crippen LogP contribution in [0.25, 0.3) is 10.8 Å². The number of benzene rings is 2. The predicted molar refractivity (Wildman–Crippen MR) is 135 cm³/mol. The fourth-order valence-corrected chi connectivity index (χ4v) is 5.04. The molecule has 2 aromatic carbocycles. The lowest BCUT2D eigenvalue weighted by molar-refractivity contribution is -0.127. The van der Waals surface area contributed by atoms with Crippen molar-refractivity contribution in [2.75, 3.05) is 43.4 Å². The van der Waals surface area contributed by atoms with E-state index in [9.17, 15) is 9.59 Å². The van der Waals surface area contributed by atoms with Crippen molar-refractivity contribution in [3.05, 3.63) is 53.0 Å². The van der Waals surface area contributed by atoms with Crippen molar-refractivity contribution in [2.24, 2.45) is 5.92 Å². The minimum atomic E-state index is -0.0894. The molecular formula is C25H31N5O2S. The maximum Gasteiger partial charge on any atom is 0.240 e. The van der Waals surface area contributed by atoms with Crippen LogP contribution in [-0.2, 0) is 9.59 Å². The van der Waals surface area contributed by atoms with Crippen molar-refractivity contribution >= 4 is 44.7 Å². The summed E-state index contributed by atoms with van der Waals surface area (Å²) in [4.78, 5) is 32.7. The molecule has 1 aliphatic rings. The highest BCUT2D eigenvalue weighted by molar-refractivity contribution is 7.15. The zero-order valence-corrected chi connectivity index (χ0v) is 20.0. The number of carbonyl (C=O) groups is 2. The maximum absolute atomic E-state index is 12.7. The molecule has 8 heteroatoms. The molecule has 0 aliphatic carbocycles. The van der Waals surface area contributed by atoms with Gasteiger partial charge >= 0.3 is 0 Å². The number of piperidine rings is 1. The van der Waals surface area contributed by atoms with Gasteiger partial charge in [-0.25, -0.2) is 4.98 Å². The molecule has 2 heterocycles. The minimum Gasteiger partial charge on any atom is -0.383 e. The fourth-order valence-electron chi connectivity index (χ4n) is 4.21. The topological polar surface area (TPSA) is 86.4 Å². The average molecular weight is 466 g/mol. The molecule has 7 nitrogen and oxygen atoms in total. The first-order chi connectivity index (χ1) is 16.0. The van der Waals surface area contributed by atoms with Crippen molar-refractivity contribution in [3.63, 3.8) is 0 Å². The standard InChI is InChI=1S/C25H31N5O2S/c1-17-18(2)33-25(28-17)29-23(31)16-30-14-6-9-20(15-30)24(32)27-13-12-26-22-11-5-8-19-7-3-4-10-21(19)22/h3-5,7-8,10-11,20,26H,6,9,12-16H2,1-2H3,(H,27,32)(H,28,29,31). The molecule has 1 aromatic heterocycles. The smallest absolute Gasteiger partial charge is 0.240 e. The summed E-state index contributed by atoms with van der Waals surface area (Å²) in [6, 6.07) is 14.4. The highest BCUT2D eigenvalue weighted by atomic mass is 32.1. The van der Waals surface area contributed by atoms with Crippen LogP contribution in [0.1, 0.15) is 23.4 Å². The highest BCUT2D eigenvalue weighted by Crippen LogP contribution is 2.23. The van der Waals surface area contributed by atoms with E-state index < -0.39 is 0 Å². The van der Waals surface area contributed by atoms with Gasteiger partial charge in [0.15, 0.2) is 5.13 Å². The lowest BCUT2D eigenvalue weighted by Gasteiger charge is -2.31. The van der Waals surface area contributed by atoms with Crippen LogP contribution in [0.15, 0.2) is 42.5 Å². The summed E-state index contributed by atoms with van der Waals surface area (Å²) in [5.41, 5.74) is 2.02. The molecule has 1 saturated heterocycles. The zero-order chi connectivity index (χ0) is 23.2. The number of aryl methyl sites for hydroxylation is 2. The van der Waals surface area contributed by atoms with E-state index >= 15 is 0 Å². The Kier molecular flexibility index (Phi) is 7.57. The number of nitrogens with zero attached hydrogens (tertiary/aromatic N) is 2. The Bertz CT molecular complexity index is 1100. The van der Waals surface area contributed by atoms with Crippen molar-refractivity contribution in [1.29, 1.82) is 0 Å². The lowest BCUT2D eigenvalue weighted by atomic mass is 9.97. The molecule has 0 saturated carbocycles. The van der Waals surface area contributed by atoms with Gasteiger partial charge in [0.05, 0.1) is 18.2 Å². The molecule has 33 heavy (non-hydrogen) atoms. The average Bonchev–Trinajstić information content (AvgIpc) is 3.13. The number of anilines is 2. The number of carbonyl (C=O) groups excluding carboxylic acids is 2. The van der Waals surface area contributed by atoms with Gasteiger partial charge in [0.25, 0.3) is 0 Å². The first-order valence-corrected chi connectivity index (χ1v) is 12.3. The zero-order valence-electron chi connectivity index (χ0n) is 19.2. The molecule has 2 amide bonds. The summed E-state index contributed by atoms with van der Waals surface area (Å²) in [6.07, 6.45) is 1.76. The van der Waals surface area contributed by atoms with Crippen LogP contribution < -0.4 is 16.0 Å². The minimum absolute atomic E-state index is 0.0611. The Labute approximate surface area is 198 Å². The van der Waals surface area contributed by atoms with Crippen LogP contribution in [0, 0.1) is 19.8 Å². The van der Waals surface area contributed by atoms with E-state index in [1.54, 1.807) is 0 Å². The Hall–Kier alpha value is -2.97. The third-order valence-electron chi connectivity index (χ3n) is 6.05. The second-order valence-corrected chi connectivity index (χ2v) is 9.73. The van der Waals surface area contributed by atoms with Gasteiger partial charge in [-0.1, -0.05) is 36.4 Å². The fraction of sp³-hybridized carbons (Fsp3) is 0.400. The van der Waals surface area contributed by atoms with Gasteiger partial charge in [0.2, 0.25) is 11.8 Å². The summed E-state index contributed by atoms with van der Waals surface area (Å²) < 4.78 is 0. The van der Waals surface area contributed by atoms with E-state index in [4.69, 9.17) is 0 Å². The molecular weight excluding hydrogens is 434 g/mol. The molecule has 1 fully saturated rings. The van der Waals surface area contributed by atoms with Crippen LogP contribution in [0.4, 0.5) is 10.8 Å². The Balaban J connectivity index is 1.21. The molecule has 1 aliphatic heterocycles. The molecule has 1 unspecified atom stereocenters. The van der Waals surface area contributed by atoms with Crippen LogP contribution in [0.2, 0.25) is 0 Å². The van der Waals surface area contributed by atoms with Crippen LogP contribution >= 0.6 is 11.3 Å². The number of nitrogens with one attached hydrogen (secondary N) is 3. The van der Waals surface area contributed by atoms with Crippen molar-refractivity contribution in [2.45, 2.75) is 26.7 Å². The van der Waals surface area contributed by atoms with Crippen molar-refractivity contribution in [3.8, 4) is 0 Å². The van der Waals surface area contributed by atoms with Gasteiger partial charge in [-0.3, -0.25) is 14.5 Å². The Morgan fingerprint density at radius 3 is 2.76 bits per heavy atom. The molecule has 174 valence electrons. The Morgan fingerprint density at radius 2 is 1.94 bits per heavy atom. The van der Waals surface area contributed by atoms with E-state index in [2.05, 4.69) is 50.1 Å². The molecule has 1 atom stereocenters. The van der Waals surface area contributed by atoms with Gasteiger partial charge in [0, 0.05) is 35.6 Å². The lowest BCUT2D eigenvalue weighted by Crippen LogP contribution is -2.46. The third-order valence-corrected chi connectivity index (χ3v) is 7.04. The van der Waals surface area contributed by atoms with Crippen molar-refractivity contribution < 1.29 is 9.59 Å². The number of hydrogen-bond donors (Lipinski definition) is 3. The second kappa shape index (κ2) is 10.8. The molecule has 0 radical (unpaired) electrons. The van der Waals surface area contributed by atoms with Gasteiger partial charge < -0.3 is 16.0 Å². The summed E-state index contributed by atoms with van der Waals surface area (Å²) >= 11 is 1.49. The van der Waals surface area contributed by atoms with Gasteiger partial charge in [-0.15, -0.1) is 11.3 Å². The first-order valence-electron chi connectivity index (χ1n) is 11.4. The molecule has 3 aromatic rings. The largest absolute Gasteiger partial charge is 0.383 e. The number of fused-ring (bicyclic) bond motifs is 1. The quantitative estimate of drug-likeness (QED) is 0.441. The monoisotopic (exact) mass is 465 g/mol. The summed E-state index contributed by atoms with van der Waals surface area (Å²) in [5.74, 6) is -0.108. The van der Waals surface area contributed by atoms with E-state index in [1.165, 1.54) is 22.1 Å². The van der Waals surface area contributed by atoms with Crippen LogP contribution in [0.3, 0.4) is 0 Å². The summed E-state index contributed by atoms with van der Waals surface area (Å²) in [6.45, 7) is 6.86. The number of hydrogen-bond acceptors (Lipinski definition) is 6. The van der Waals surface area contributed by atoms with Crippen LogP contribution in [-0.4, -0.2) is 54.4 Å². The predicted octanol–water partition coefficient (Wildman–Crippen LogP) is 3.79. The van der Waals surface area contributed by atoms with Crippen molar-refractivity contribution in [1.82, 2.24) is 15.2 Å². The second-order valence-electron chi connectivity index (χ2n) is 8.53.